The summed E-state index contributed by atoms with van der Waals surface area (Å²) in [5.74, 6) is 0.583. The number of esters is 1. The van der Waals surface area contributed by atoms with Crippen LogP contribution in [0.3, 0.4) is 0 Å². The highest BCUT2D eigenvalue weighted by atomic mass is 19.4. The highest BCUT2D eigenvalue weighted by Gasteiger charge is 2.53. The van der Waals surface area contributed by atoms with Gasteiger partial charge in [0.1, 0.15) is 11.5 Å². The summed E-state index contributed by atoms with van der Waals surface area (Å²) in [6.07, 6.45) is -2.45. The van der Waals surface area contributed by atoms with Gasteiger partial charge in [-0.1, -0.05) is 55.3 Å². The Balaban J connectivity index is 1.35. The molecule has 0 aliphatic carbocycles. The maximum absolute atomic E-state index is 13.4. The lowest BCUT2D eigenvalue weighted by atomic mass is 9.77. The number of aryl methyl sites for hydroxylation is 1. The molecule has 2 heterocycles. The molecule has 8 heteroatoms. The van der Waals surface area contributed by atoms with Crippen molar-refractivity contribution in [3.63, 3.8) is 0 Å². The van der Waals surface area contributed by atoms with E-state index in [9.17, 15) is 18.0 Å². The van der Waals surface area contributed by atoms with Crippen LogP contribution in [0.4, 0.5) is 35.9 Å². The summed E-state index contributed by atoms with van der Waals surface area (Å²) < 4.78 is 53.1. The van der Waals surface area contributed by atoms with Crippen molar-refractivity contribution in [2.24, 2.45) is 0 Å². The number of carbonyl (C=O) groups excluding carboxylic acids is 1. The van der Waals surface area contributed by atoms with Crippen LogP contribution in [0.25, 0.3) is 0 Å². The molecule has 2 aliphatic rings. The first-order valence-corrected chi connectivity index (χ1v) is 15.3. The van der Waals surface area contributed by atoms with Gasteiger partial charge in [-0.25, -0.2) is 4.79 Å². The third kappa shape index (κ3) is 5.04. The number of rotatable bonds is 7. The zero-order valence-corrected chi connectivity index (χ0v) is 25.3. The van der Waals surface area contributed by atoms with E-state index in [1.807, 2.05) is 30.3 Å². The molecule has 1 spiro atoms. The Morgan fingerprint density at radius 1 is 0.761 bits per heavy atom. The lowest BCUT2D eigenvalue weighted by Gasteiger charge is -2.37. The van der Waals surface area contributed by atoms with Gasteiger partial charge in [0, 0.05) is 52.1 Å². The van der Waals surface area contributed by atoms with Crippen LogP contribution in [0.15, 0.2) is 109 Å². The van der Waals surface area contributed by atoms with Crippen LogP contribution in [-0.4, -0.2) is 12.5 Å². The summed E-state index contributed by atoms with van der Waals surface area (Å²) in [6.45, 7) is 5.03. The normalized spacial score (nSPS) is 16.2. The molecule has 0 saturated heterocycles. The Morgan fingerprint density at radius 2 is 1.52 bits per heavy atom. The molecule has 1 unspecified atom stereocenters. The fourth-order valence-corrected chi connectivity index (χ4v) is 6.30. The minimum absolute atomic E-state index is 0.276. The first-order valence-electron chi connectivity index (χ1n) is 15.3. The second-order valence-corrected chi connectivity index (χ2v) is 11.7. The van der Waals surface area contributed by atoms with Crippen molar-refractivity contribution < 1.29 is 27.4 Å². The van der Waals surface area contributed by atoms with E-state index < -0.39 is 23.3 Å². The summed E-state index contributed by atoms with van der Waals surface area (Å²) >= 11 is 0. The van der Waals surface area contributed by atoms with Gasteiger partial charge < -0.3 is 19.7 Å². The summed E-state index contributed by atoms with van der Waals surface area (Å²) in [4.78, 5) is 15.6. The Kier molecular flexibility index (Phi) is 7.23. The van der Waals surface area contributed by atoms with E-state index in [4.69, 9.17) is 9.47 Å². The molecule has 1 atom stereocenters. The number of fused-ring (bicyclic) bond motifs is 6. The zero-order valence-electron chi connectivity index (χ0n) is 25.3. The number of halogens is 3. The summed E-state index contributed by atoms with van der Waals surface area (Å²) in [5.41, 5.74) is 4.27. The average Bonchev–Trinajstić information content (AvgIpc) is 3.34. The van der Waals surface area contributed by atoms with Crippen LogP contribution in [0.2, 0.25) is 0 Å². The van der Waals surface area contributed by atoms with Crippen molar-refractivity contribution in [1.82, 2.24) is 0 Å². The van der Waals surface area contributed by atoms with Crippen molar-refractivity contribution in [2.45, 2.75) is 38.5 Å². The van der Waals surface area contributed by atoms with Crippen LogP contribution in [0.1, 0.15) is 57.9 Å². The molecular formula is C38H31F3N2O3. The molecule has 0 saturated carbocycles. The number of benzene rings is 5. The molecule has 46 heavy (non-hydrogen) atoms. The summed E-state index contributed by atoms with van der Waals surface area (Å²) in [7, 11) is 0. The molecular weight excluding hydrogens is 589 g/mol. The summed E-state index contributed by atoms with van der Waals surface area (Å²) in [5, 5.41) is 3.10. The lowest BCUT2D eigenvalue weighted by molar-refractivity contribution is -0.137. The molecule has 5 nitrogen and oxygen atoms in total. The van der Waals surface area contributed by atoms with Gasteiger partial charge in [-0.15, -0.1) is 0 Å². The number of alkyl halides is 3. The number of hydrogen-bond acceptors (Lipinski definition) is 5. The maximum atomic E-state index is 13.4. The zero-order chi connectivity index (χ0) is 32.1. The number of anilines is 4. The van der Waals surface area contributed by atoms with E-state index in [2.05, 4.69) is 48.3 Å². The average molecular weight is 621 g/mol. The van der Waals surface area contributed by atoms with E-state index >= 15 is 0 Å². The smallest absolute Gasteiger partial charge is 0.416 e. The van der Waals surface area contributed by atoms with Crippen molar-refractivity contribution in [3.8, 4) is 11.5 Å². The number of ether oxygens (including phenoxy) is 2. The fourth-order valence-electron chi connectivity index (χ4n) is 6.30. The van der Waals surface area contributed by atoms with E-state index in [0.717, 1.165) is 42.9 Å². The fraction of sp³-hybridized carbons (Fsp3) is 0.184. The Morgan fingerprint density at radius 3 is 2.30 bits per heavy atom. The molecule has 7 rings (SSSR count). The Hall–Kier alpha value is -5.24. The molecule has 0 amide bonds. The lowest BCUT2D eigenvalue weighted by Crippen LogP contribution is -2.33. The van der Waals surface area contributed by atoms with Gasteiger partial charge in [0.2, 0.25) is 0 Å². The number of nitrogens with zero attached hydrogens (tertiary/aromatic N) is 1. The molecule has 0 radical (unpaired) electrons. The largest absolute Gasteiger partial charge is 0.456 e. The minimum atomic E-state index is -4.47. The van der Waals surface area contributed by atoms with E-state index in [1.165, 1.54) is 11.6 Å². The van der Waals surface area contributed by atoms with Gasteiger partial charge in [0.25, 0.3) is 0 Å². The SMILES string of the molecule is CCCCN(c1ccc(C)cc1)c1ccc2c(c1)Oc1ccc(Nc3cccc(C(F)(F)F)c3)cc1C21OC(=O)c2ccccc21. The van der Waals surface area contributed by atoms with Crippen LogP contribution in [0, 0.1) is 6.92 Å². The molecule has 232 valence electrons. The second-order valence-electron chi connectivity index (χ2n) is 11.7. The number of carbonyl (C=O) groups is 1. The minimum Gasteiger partial charge on any atom is -0.456 e. The second kappa shape index (κ2) is 11.3. The number of nitrogens with one attached hydrogen (secondary N) is 1. The maximum Gasteiger partial charge on any atom is 0.416 e. The monoisotopic (exact) mass is 620 g/mol. The highest BCUT2D eigenvalue weighted by Crippen LogP contribution is 2.57. The topological polar surface area (TPSA) is 50.8 Å². The van der Waals surface area contributed by atoms with Crippen molar-refractivity contribution in [1.29, 1.82) is 0 Å². The van der Waals surface area contributed by atoms with Gasteiger partial charge in [0.05, 0.1) is 11.1 Å². The highest BCUT2D eigenvalue weighted by molar-refractivity contribution is 5.97. The quantitative estimate of drug-likeness (QED) is 0.184. The molecule has 0 fully saturated rings. The molecule has 0 aromatic heterocycles. The van der Waals surface area contributed by atoms with Crippen molar-refractivity contribution >= 4 is 28.7 Å². The summed E-state index contributed by atoms with van der Waals surface area (Å²) in [6, 6.07) is 31.9. The van der Waals surface area contributed by atoms with Crippen LogP contribution < -0.4 is 15.0 Å². The van der Waals surface area contributed by atoms with E-state index in [-0.39, 0.29) is 5.69 Å². The van der Waals surface area contributed by atoms with Gasteiger partial charge >= 0.3 is 12.1 Å². The van der Waals surface area contributed by atoms with Crippen LogP contribution in [-0.2, 0) is 16.5 Å². The molecule has 1 N–H and O–H groups in total. The Labute approximate surface area is 265 Å². The van der Waals surface area contributed by atoms with Crippen molar-refractivity contribution in [2.75, 3.05) is 16.8 Å². The standard InChI is InChI=1S/C38H31F3N2O3/c1-3-4-20-43(28-15-12-24(2)13-16-28)29-17-18-32-35(23-29)45-34-19-14-27(42-26-9-7-8-25(21-26)38(39,40)41)22-33(34)37(32)31-11-6-5-10-30(31)36(44)46-37/h5-19,21-23,42H,3-4,20H2,1-2H3. The van der Waals surface area contributed by atoms with Crippen molar-refractivity contribution in [3.05, 3.63) is 143 Å². The van der Waals surface area contributed by atoms with Gasteiger partial charge in [0.15, 0.2) is 5.60 Å². The third-order valence-corrected chi connectivity index (χ3v) is 8.57. The van der Waals surface area contributed by atoms with E-state index in [1.54, 1.807) is 36.4 Å². The third-order valence-electron chi connectivity index (χ3n) is 8.57. The first-order chi connectivity index (χ1) is 22.2. The van der Waals surface area contributed by atoms with Crippen LogP contribution >= 0.6 is 0 Å². The van der Waals surface area contributed by atoms with Gasteiger partial charge in [-0.3, -0.25) is 0 Å². The number of unbranched alkanes of at least 4 members (excludes halogenated alkanes) is 1. The molecule has 5 aromatic rings. The predicted octanol–water partition coefficient (Wildman–Crippen LogP) is 10.3. The molecule has 0 bridgehead atoms. The van der Waals surface area contributed by atoms with Crippen LogP contribution in [0.5, 0.6) is 11.5 Å². The molecule has 2 aliphatic heterocycles. The van der Waals surface area contributed by atoms with Gasteiger partial charge in [-0.2, -0.15) is 13.2 Å². The van der Waals surface area contributed by atoms with Gasteiger partial charge in [-0.05, 0) is 80.1 Å². The van der Waals surface area contributed by atoms with E-state index in [0.29, 0.717) is 39.4 Å². The Bertz CT molecular complexity index is 1950. The first kappa shape index (κ1) is 29.5. The predicted molar refractivity (Wildman–Crippen MR) is 173 cm³/mol. The molecule has 5 aromatic carbocycles. The number of hydrogen-bond donors (Lipinski definition) is 1.